The summed E-state index contributed by atoms with van der Waals surface area (Å²) in [6.07, 6.45) is 1.01. The molecular formula is C20H25N3O7S2. The first kappa shape index (κ1) is 24.0. The molecule has 1 fully saturated rings. The number of nitrogens with one attached hydrogen (secondary N) is 1. The van der Waals surface area contributed by atoms with Gasteiger partial charge in [-0.3, -0.25) is 9.10 Å². The quantitative estimate of drug-likeness (QED) is 0.597. The second-order valence-electron chi connectivity index (χ2n) is 7.06. The van der Waals surface area contributed by atoms with Crippen LogP contribution in [-0.4, -0.2) is 73.3 Å². The first-order chi connectivity index (χ1) is 15.1. The fourth-order valence-electron chi connectivity index (χ4n) is 3.13. The molecule has 0 spiro atoms. The van der Waals surface area contributed by atoms with Gasteiger partial charge in [0.05, 0.1) is 37.2 Å². The number of carbonyl (C=O) groups is 1. The monoisotopic (exact) mass is 483 g/mol. The summed E-state index contributed by atoms with van der Waals surface area (Å²) >= 11 is 0. The van der Waals surface area contributed by atoms with Crippen molar-refractivity contribution in [2.75, 3.05) is 55.8 Å². The topological polar surface area (TPSA) is 122 Å². The number of carbonyl (C=O) groups excluding carboxylic acids is 1. The van der Waals surface area contributed by atoms with Crippen molar-refractivity contribution in [3.05, 3.63) is 48.5 Å². The van der Waals surface area contributed by atoms with Gasteiger partial charge in [-0.25, -0.2) is 16.8 Å². The van der Waals surface area contributed by atoms with E-state index >= 15 is 0 Å². The van der Waals surface area contributed by atoms with E-state index in [1.54, 1.807) is 24.3 Å². The summed E-state index contributed by atoms with van der Waals surface area (Å²) < 4.78 is 62.4. The smallest absolute Gasteiger partial charge is 0.245 e. The zero-order chi connectivity index (χ0) is 23.4. The Bertz CT molecular complexity index is 1140. The molecule has 174 valence electrons. The second kappa shape index (κ2) is 9.86. The molecule has 3 rings (SSSR count). The molecule has 2 aromatic carbocycles. The lowest BCUT2D eigenvalue weighted by Gasteiger charge is -2.26. The van der Waals surface area contributed by atoms with Gasteiger partial charge in [-0.2, -0.15) is 4.31 Å². The molecule has 0 aliphatic carbocycles. The van der Waals surface area contributed by atoms with Crippen LogP contribution < -0.4 is 14.4 Å². The predicted molar refractivity (Wildman–Crippen MR) is 120 cm³/mol. The maximum absolute atomic E-state index is 12.7. The van der Waals surface area contributed by atoms with Crippen molar-refractivity contribution < 1.29 is 31.1 Å². The van der Waals surface area contributed by atoms with E-state index in [0.29, 0.717) is 30.3 Å². The van der Waals surface area contributed by atoms with Crippen LogP contribution in [0, 0.1) is 0 Å². The lowest BCUT2D eigenvalue weighted by Crippen LogP contribution is -2.40. The van der Waals surface area contributed by atoms with Gasteiger partial charge < -0.3 is 14.8 Å². The fourth-order valence-corrected chi connectivity index (χ4v) is 5.39. The summed E-state index contributed by atoms with van der Waals surface area (Å²) in [5, 5.41) is 2.60. The number of amides is 1. The van der Waals surface area contributed by atoms with Gasteiger partial charge in [-0.15, -0.1) is 0 Å². The zero-order valence-corrected chi connectivity index (χ0v) is 19.4. The maximum Gasteiger partial charge on any atom is 0.245 e. The molecule has 1 heterocycles. The molecule has 10 nitrogen and oxygen atoms in total. The van der Waals surface area contributed by atoms with Crippen LogP contribution in [0.15, 0.2) is 53.4 Å². The van der Waals surface area contributed by atoms with E-state index in [1.165, 1.54) is 35.7 Å². The van der Waals surface area contributed by atoms with Gasteiger partial charge in [0, 0.05) is 18.8 Å². The van der Waals surface area contributed by atoms with Gasteiger partial charge in [0.2, 0.25) is 26.0 Å². The van der Waals surface area contributed by atoms with Crippen LogP contribution in [0.25, 0.3) is 0 Å². The average molecular weight is 484 g/mol. The molecule has 0 unspecified atom stereocenters. The number of benzene rings is 2. The number of ether oxygens (including phenoxy) is 2. The number of nitrogens with zero attached hydrogens (tertiary/aromatic N) is 2. The Morgan fingerprint density at radius 3 is 2.16 bits per heavy atom. The van der Waals surface area contributed by atoms with E-state index in [4.69, 9.17) is 9.47 Å². The Hall–Kier alpha value is -2.67. The third kappa shape index (κ3) is 5.76. The molecule has 0 aromatic heterocycles. The van der Waals surface area contributed by atoms with E-state index in [2.05, 4.69) is 5.32 Å². The van der Waals surface area contributed by atoms with Crippen LogP contribution in [0.2, 0.25) is 0 Å². The minimum absolute atomic E-state index is 0.105. The van der Waals surface area contributed by atoms with Gasteiger partial charge in [0.1, 0.15) is 12.3 Å². The third-order valence-electron chi connectivity index (χ3n) is 4.79. The SMILES string of the molecule is COc1ccc(N(CC(=O)Nc2ccc(S(=O)(=O)N3CCOCC3)cc2)S(C)(=O)=O)cc1. The number of morpholine rings is 1. The molecule has 2 aromatic rings. The predicted octanol–water partition coefficient (Wildman–Crippen LogP) is 1.12. The van der Waals surface area contributed by atoms with Crippen LogP contribution >= 0.6 is 0 Å². The molecule has 1 aliphatic rings. The summed E-state index contributed by atoms with van der Waals surface area (Å²) in [7, 11) is -5.88. The summed E-state index contributed by atoms with van der Waals surface area (Å²) in [4.78, 5) is 12.6. The van der Waals surface area contributed by atoms with Crippen molar-refractivity contribution in [3.63, 3.8) is 0 Å². The van der Waals surface area contributed by atoms with Crippen LogP contribution in [0.1, 0.15) is 0 Å². The summed E-state index contributed by atoms with van der Waals surface area (Å²) in [6, 6.07) is 12.0. The molecule has 0 bridgehead atoms. The van der Waals surface area contributed by atoms with Gasteiger partial charge in [-0.1, -0.05) is 0 Å². The number of anilines is 2. The molecule has 1 saturated heterocycles. The lowest BCUT2D eigenvalue weighted by atomic mass is 10.3. The van der Waals surface area contributed by atoms with E-state index in [0.717, 1.165) is 10.6 Å². The van der Waals surface area contributed by atoms with Crippen molar-refractivity contribution in [2.45, 2.75) is 4.90 Å². The molecule has 1 aliphatic heterocycles. The highest BCUT2D eigenvalue weighted by atomic mass is 32.2. The molecule has 0 atom stereocenters. The number of hydrogen-bond donors (Lipinski definition) is 1. The number of rotatable bonds is 8. The first-order valence-corrected chi connectivity index (χ1v) is 13.0. The molecule has 1 amide bonds. The lowest BCUT2D eigenvalue weighted by molar-refractivity contribution is -0.114. The van der Waals surface area contributed by atoms with Crippen LogP contribution in [0.5, 0.6) is 5.75 Å². The van der Waals surface area contributed by atoms with Crippen molar-refractivity contribution in [2.24, 2.45) is 0 Å². The van der Waals surface area contributed by atoms with Crippen molar-refractivity contribution in [1.82, 2.24) is 4.31 Å². The largest absolute Gasteiger partial charge is 0.497 e. The van der Waals surface area contributed by atoms with Crippen LogP contribution in [0.3, 0.4) is 0 Å². The summed E-state index contributed by atoms with van der Waals surface area (Å²) in [6.45, 7) is 0.816. The molecule has 12 heteroatoms. The Morgan fingerprint density at radius 1 is 1.03 bits per heavy atom. The van der Waals surface area contributed by atoms with Gasteiger partial charge in [-0.05, 0) is 48.5 Å². The second-order valence-corrected chi connectivity index (χ2v) is 10.9. The highest BCUT2D eigenvalue weighted by molar-refractivity contribution is 7.92. The van der Waals surface area contributed by atoms with Gasteiger partial charge in [0.15, 0.2) is 0 Å². The average Bonchev–Trinajstić information content (AvgIpc) is 2.78. The van der Waals surface area contributed by atoms with E-state index in [-0.39, 0.29) is 18.0 Å². The van der Waals surface area contributed by atoms with Crippen LogP contribution in [0.4, 0.5) is 11.4 Å². The number of hydrogen-bond acceptors (Lipinski definition) is 7. The Balaban J connectivity index is 1.70. The first-order valence-electron chi connectivity index (χ1n) is 9.71. The Morgan fingerprint density at radius 2 is 1.62 bits per heavy atom. The van der Waals surface area contributed by atoms with Crippen molar-refractivity contribution in [1.29, 1.82) is 0 Å². The highest BCUT2D eigenvalue weighted by Crippen LogP contribution is 2.22. The van der Waals surface area contributed by atoms with Gasteiger partial charge >= 0.3 is 0 Å². The van der Waals surface area contributed by atoms with E-state index < -0.39 is 32.5 Å². The van der Waals surface area contributed by atoms with E-state index in [9.17, 15) is 21.6 Å². The fraction of sp³-hybridized carbons (Fsp3) is 0.350. The molecular weight excluding hydrogens is 458 g/mol. The van der Waals surface area contributed by atoms with Crippen molar-refractivity contribution >= 4 is 37.3 Å². The van der Waals surface area contributed by atoms with Crippen molar-refractivity contribution in [3.8, 4) is 5.75 Å². The molecule has 1 N–H and O–H groups in total. The standard InChI is InChI=1S/C20H25N3O7S2/c1-29-18-7-5-17(6-8-18)23(31(2,25)26)15-20(24)21-16-3-9-19(10-4-16)32(27,28)22-11-13-30-14-12-22/h3-10H,11-15H2,1-2H3,(H,21,24). The molecule has 0 radical (unpaired) electrons. The highest BCUT2D eigenvalue weighted by Gasteiger charge is 2.26. The summed E-state index contributed by atoms with van der Waals surface area (Å²) in [5.74, 6) is -0.0196. The van der Waals surface area contributed by atoms with Gasteiger partial charge in [0.25, 0.3) is 0 Å². The molecule has 0 saturated carbocycles. The Labute approximate surface area is 187 Å². The normalized spacial score (nSPS) is 15.2. The third-order valence-corrected chi connectivity index (χ3v) is 7.85. The van der Waals surface area contributed by atoms with Crippen LogP contribution in [-0.2, 0) is 29.6 Å². The Kier molecular flexibility index (Phi) is 7.39. The number of methoxy groups -OCH3 is 1. The molecule has 32 heavy (non-hydrogen) atoms. The number of sulfonamides is 2. The van der Waals surface area contributed by atoms with E-state index in [1.807, 2.05) is 0 Å². The summed E-state index contributed by atoms with van der Waals surface area (Å²) in [5.41, 5.74) is 0.662. The minimum Gasteiger partial charge on any atom is -0.497 e. The maximum atomic E-state index is 12.7. The minimum atomic E-state index is -3.73. The zero-order valence-electron chi connectivity index (χ0n) is 17.7.